The van der Waals surface area contributed by atoms with Crippen LogP contribution in [-0.2, 0) is 6.54 Å². The van der Waals surface area contributed by atoms with E-state index in [1.807, 2.05) is 46.0 Å². The fourth-order valence-electron chi connectivity index (χ4n) is 2.41. The van der Waals surface area contributed by atoms with E-state index in [9.17, 15) is 4.79 Å². The maximum atomic E-state index is 12.6. The summed E-state index contributed by atoms with van der Waals surface area (Å²) in [6, 6.07) is 5.95. The van der Waals surface area contributed by atoms with Gasteiger partial charge >= 0.3 is 0 Å². The Labute approximate surface area is 142 Å². The molecule has 0 aliphatic heterocycles. The monoisotopic (exact) mass is 328 g/mol. The van der Waals surface area contributed by atoms with E-state index in [0.29, 0.717) is 23.9 Å². The molecule has 0 spiro atoms. The molecule has 24 heavy (non-hydrogen) atoms. The number of carbonyl (C=O) groups excluding carboxylic acids is 1. The molecule has 1 aromatic heterocycles. The number of nitrogens with one attached hydrogen (secondary N) is 1. The van der Waals surface area contributed by atoms with Gasteiger partial charge < -0.3 is 14.7 Å². The van der Waals surface area contributed by atoms with Crippen LogP contribution < -0.4 is 5.32 Å². The molecule has 0 unspecified atom stereocenters. The van der Waals surface area contributed by atoms with Crippen LogP contribution in [0.25, 0.3) is 0 Å². The van der Waals surface area contributed by atoms with Gasteiger partial charge in [-0.25, -0.2) is 0 Å². The molecule has 0 bridgehead atoms. The van der Waals surface area contributed by atoms with Crippen molar-refractivity contribution in [2.45, 2.75) is 52.1 Å². The smallest absolute Gasteiger partial charge is 0.254 e. The van der Waals surface area contributed by atoms with E-state index < -0.39 is 0 Å². The number of aromatic nitrogens is 2. The van der Waals surface area contributed by atoms with Crippen LogP contribution in [0, 0.1) is 6.92 Å². The Bertz CT molecular complexity index is 734. The Hall–Kier alpha value is -2.37. The lowest BCUT2D eigenvalue weighted by molar-refractivity contribution is 0.0754. The van der Waals surface area contributed by atoms with Crippen molar-refractivity contribution in [3.05, 3.63) is 41.0 Å². The first-order chi connectivity index (χ1) is 11.5. The van der Waals surface area contributed by atoms with Crippen molar-refractivity contribution in [1.29, 1.82) is 0 Å². The highest BCUT2D eigenvalue weighted by Crippen LogP contribution is 2.38. The molecule has 0 saturated heterocycles. The second-order valence-electron chi connectivity index (χ2n) is 6.71. The quantitative estimate of drug-likeness (QED) is 0.880. The van der Waals surface area contributed by atoms with E-state index in [0.717, 1.165) is 29.9 Å². The van der Waals surface area contributed by atoms with Crippen LogP contribution in [0.4, 0.5) is 5.69 Å². The van der Waals surface area contributed by atoms with Crippen molar-refractivity contribution in [3.63, 3.8) is 0 Å². The molecule has 1 fully saturated rings. The molecule has 2 aromatic rings. The largest absolute Gasteiger partial charge is 0.376 e. The first-order valence-corrected chi connectivity index (χ1v) is 8.40. The van der Waals surface area contributed by atoms with Gasteiger partial charge in [0.15, 0.2) is 5.82 Å². The van der Waals surface area contributed by atoms with Gasteiger partial charge in [-0.15, -0.1) is 0 Å². The average molecular weight is 328 g/mol. The summed E-state index contributed by atoms with van der Waals surface area (Å²) in [4.78, 5) is 18.7. The Balaban J connectivity index is 1.69. The second-order valence-corrected chi connectivity index (χ2v) is 6.71. The first-order valence-electron chi connectivity index (χ1n) is 8.40. The van der Waals surface area contributed by atoms with E-state index >= 15 is 0 Å². The number of rotatable bonds is 6. The predicted octanol–water partition coefficient (Wildman–Crippen LogP) is 3.35. The number of benzene rings is 1. The molecule has 1 saturated carbocycles. The third-order valence-corrected chi connectivity index (χ3v) is 4.43. The molecule has 0 radical (unpaired) electrons. The summed E-state index contributed by atoms with van der Waals surface area (Å²) in [5.74, 6) is 1.90. The first kappa shape index (κ1) is 16.5. The minimum atomic E-state index is 0.0277. The van der Waals surface area contributed by atoms with Crippen molar-refractivity contribution < 1.29 is 9.32 Å². The van der Waals surface area contributed by atoms with Gasteiger partial charge in [-0.2, -0.15) is 4.98 Å². The minimum absolute atomic E-state index is 0.0277. The highest BCUT2D eigenvalue weighted by Gasteiger charge is 2.28. The number of aryl methyl sites for hydroxylation is 1. The van der Waals surface area contributed by atoms with Gasteiger partial charge in [0.25, 0.3) is 5.91 Å². The summed E-state index contributed by atoms with van der Waals surface area (Å²) in [6.45, 7) is 6.41. The van der Waals surface area contributed by atoms with Crippen molar-refractivity contribution in [3.8, 4) is 0 Å². The normalized spacial score (nSPS) is 14.0. The van der Waals surface area contributed by atoms with Gasteiger partial charge in [-0.05, 0) is 51.3 Å². The number of anilines is 1. The molecule has 1 aliphatic rings. The molecule has 1 aliphatic carbocycles. The molecule has 0 atom stereocenters. The topological polar surface area (TPSA) is 71.3 Å². The standard InChI is InChI=1S/C18H24N4O2/c1-11(2)22(4)18(23)15-9-14(8-5-12(15)3)19-10-16-20-17(21-24-16)13-6-7-13/h5,8-9,11,13,19H,6-7,10H2,1-4H3. The fraction of sp³-hybridized carbons (Fsp3) is 0.500. The molecule has 1 heterocycles. The van der Waals surface area contributed by atoms with Gasteiger partial charge in [0.1, 0.15) is 0 Å². The van der Waals surface area contributed by atoms with Crippen LogP contribution >= 0.6 is 0 Å². The molecule has 6 nitrogen and oxygen atoms in total. The lowest BCUT2D eigenvalue weighted by Crippen LogP contribution is -2.33. The van der Waals surface area contributed by atoms with Gasteiger partial charge in [-0.3, -0.25) is 4.79 Å². The van der Waals surface area contributed by atoms with E-state index in [-0.39, 0.29) is 11.9 Å². The number of nitrogens with zero attached hydrogens (tertiary/aromatic N) is 3. The molecular formula is C18H24N4O2. The fourth-order valence-corrected chi connectivity index (χ4v) is 2.41. The molecule has 1 amide bonds. The summed E-state index contributed by atoms with van der Waals surface area (Å²) < 4.78 is 5.26. The summed E-state index contributed by atoms with van der Waals surface area (Å²) in [5, 5.41) is 7.26. The van der Waals surface area contributed by atoms with Gasteiger partial charge in [0.05, 0.1) is 6.54 Å². The zero-order chi connectivity index (χ0) is 17.3. The van der Waals surface area contributed by atoms with E-state index in [4.69, 9.17) is 4.52 Å². The number of amides is 1. The number of carbonyl (C=O) groups is 1. The van der Waals surface area contributed by atoms with Crippen molar-refractivity contribution in [2.24, 2.45) is 0 Å². The Morgan fingerprint density at radius 3 is 2.83 bits per heavy atom. The third-order valence-electron chi connectivity index (χ3n) is 4.43. The Morgan fingerprint density at radius 1 is 1.42 bits per heavy atom. The summed E-state index contributed by atoms with van der Waals surface area (Å²) in [7, 11) is 1.82. The number of hydrogen-bond donors (Lipinski definition) is 1. The van der Waals surface area contributed by atoms with Gasteiger partial charge in [0, 0.05) is 30.3 Å². The predicted molar refractivity (Wildman–Crippen MR) is 92.0 cm³/mol. The average Bonchev–Trinajstić information content (AvgIpc) is 3.31. The Morgan fingerprint density at radius 2 is 2.17 bits per heavy atom. The zero-order valence-corrected chi connectivity index (χ0v) is 14.7. The second kappa shape index (κ2) is 6.63. The van der Waals surface area contributed by atoms with Crippen molar-refractivity contribution in [2.75, 3.05) is 12.4 Å². The maximum absolute atomic E-state index is 12.6. The van der Waals surface area contributed by atoms with E-state index in [2.05, 4.69) is 15.5 Å². The lowest BCUT2D eigenvalue weighted by Gasteiger charge is -2.22. The molecule has 6 heteroatoms. The molecule has 1 N–H and O–H groups in total. The van der Waals surface area contributed by atoms with Crippen LogP contribution in [0.15, 0.2) is 22.7 Å². The van der Waals surface area contributed by atoms with Gasteiger partial charge in [0.2, 0.25) is 5.89 Å². The summed E-state index contributed by atoms with van der Waals surface area (Å²) in [6.07, 6.45) is 2.30. The Kier molecular flexibility index (Phi) is 4.55. The molecule has 128 valence electrons. The van der Waals surface area contributed by atoms with Crippen LogP contribution in [0.2, 0.25) is 0 Å². The maximum Gasteiger partial charge on any atom is 0.254 e. The highest BCUT2D eigenvalue weighted by atomic mass is 16.5. The van der Waals surface area contributed by atoms with Crippen LogP contribution in [0.3, 0.4) is 0 Å². The van der Waals surface area contributed by atoms with Crippen LogP contribution in [-0.4, -0.2) is 34.0 Å². The molecule has 3 rings (SSSR count). The molecular weight excluding hydrogens is 304 g/mol. The van der Waals surface area contributed by atoms with Gasteiger partial charge in [-0.1, -0.05) is 11.2 Å². The van der Waals surface area contributed by atoms with Crippen molar-refractivity contribution in [1.82, 2.24) is 15.0 Å². The summed E-state index contributed by atoms with van der Waals surface area (Å²) >= 11 is 0. The highest BCUT2D eigenvalue weighted by molar-refractivity contribution is 5.96. The van der Waals surface area contributed by atoms with Crippen LogP contribution in [0.5, 0.6) is 0 Å². The van der Waals surface area contributed by atoms with E-state index in [1.54, 1.807) is 4.90 Å². The lowest BCUT2D eigenvalue weighted by atomic mass is 10.1. The third kappa shape index (κ3) is 3.58. The van der Waals surface area contributed by atoms with Crippen LogP contribution in [0.1, 0.15) is 60.2 Å². The summed E-state index contributed by atoms with van der Waals surface area (Å²) in [5.41, 5.74) is 2.54. The SMILES string of the molecule is Cc1ccc(NCc2nc(C3CC3)no2)cc1C(=O)N(C)C(C)C. The minimum Gasteiger partial charge on any atom is -0.376 e. The van der Waals surface area contributed by atoms with Crippen molar-refractivity contribution >= 4 is 11.6 Å². The number of hydrogen-bond acceptors (Lipinski definition) is 5. The molecule has 1 aromatic carbocycles. The van der Waals surface area contributed by atoms with E-state index in [1.165, 1.54) is 0 Å². The zero-order valence-electron chi connectivity index (χ0n) is 14.7.